The monoisotopic (exact) mass is 474 g/mol. The van der Waals surface area contributed by atoms with E-state index in [9.17, 15) is 0 Å². The average molecular weight is 475 g/mol. The predicted octanol–water partition coefficient (Wildman–Crippen LogP) is 5.76. The summed E-state index contributed by atoms with van der Waals surface area (Å²) in [5, 5.41) is 3.91. The molecule has 34 heavy (non-hydrogen) atoms. The minimum Gasteiger partial charge on any atom is -0.376 e. The maximum atomic E-state index is 6.73. The molecule has 5 aliphatic rings. The van der Waals surface area contributed by atoms with Crippen LogP contribution in [0.15, 0.2) is 60.7 Å². The molecule has 5 aliphatic carbocycles. The molecule has 0 saturated heterocycles. The zero-order valence-electron chi connectivity index (χ0n) is 20.1. The van der Waals surface area contributed by atoms with E-state index in [2.05, 4.69) is 66.0 Å². The van der Waals surface area contributed by atoms with Gasteiger partial charge in [0.15, 0.2) is 0 Å². The zero-order chi connectivity index (χ0) is 23.2. The molecule has 2 aromatic rings. The van der Waals surface area contributed by atoms with Gasteiger partial charge >= 0.3 is 0 Å². The Morgan fingerprint density at radius 3 is 2.35 bits per heavy atom. The third-order valence-electron chi connectivity index (χ3n) is 9.75. The van der Waals surface area contributed by atoms with E-state index in [1.54, 1.807) is 0 Å². The van der Waals surface area contributed by atoms with Crippen molar-refractivity contribution in [3.05, 3.63) is 71.8 Å². The lowest BCUT2D eigenvalue weighted by Crippen LogP contribution is -2.47. The molecular weight excluding hydrogens is 436 g/mol. The van der Waals surface area contributed by atoms with E-state index >= 15 is 0 Å². The van der Waals surface area contributed by atoms with Crippen molar-refractivity contribution in [2.45, 2.75) is 75.5 Å². The molecule has 0 aliphatic heterocycles. The number of nitrogens with two attached hydrogens (primary N) is 1. The summed E-state index contributed by atoms with van der Waals surface area (Å²) in [6.07, 6.45) is 9.98. The van der Waals surface area contributed by atoms with Gasteiger partial charge in [0.2, 0.25) is 0 Å². The van der Waals surface area contributed by atoms with Crippen molar-refractivity contribution in [2.24, 2.45) is 28.9 Å². The molecule has 0 radical (unpaired) electrons. The first-order valence-electron chi connectivity index (χ1n) is 13.3. The Morgan fingerprint density at radius 1 is 0.941 bits per heavy atom. The highest BCUT2D eigenvalue weighted by atomic mass is 32.1. The first-order chi connectivity index (χ1) is 16.6. The number of nitrogens with one attached hydrogen (secondary N) is 1. The molecule has 3 N–H and O–H groups in total. The van der Waals surface area contributed by atoms with Crippen molar-refractivity contribution in [2.75, 3.05) is 6.54 Å². The van der Waals surface area contributed by atoms with Gasteiger partial charge in [0.05, 0.1) is 17.7 Å². The summed E-state index contributed by atoms with van der Waals surface area (Å²) in [4.78, 5) is 1.14. The Bertz CT molecular complexity index is 1000. The van der Waals surface area contributed by atoms with Crippen LogP contribution in [0.1, 0.15) is 62.5 Å². The van der Waals surface area contributed by atoms with Gasteiger partial charge in [-0.3, -0.25) is 0 Å². The zero-order valence-corrected chi connectivity index (χ0v) is 20.9. The van der Waals surface area contributed by atoms with Crippen LogP contribution in [0, 0.1) is 23.2 Å². The Labute approximate surface area is 209 Å². The van der Waals surface area contributed by atoms with Crippen LogP contribution >= 0.6 is 12.2 Å². The average Bonchev–Trinajstić information content (AvgIpc) is 3.26. The van der Waals surface area contributed by atoms with Crippen molar-refractivity contribution in [1.82, 2.24) is 5.32 Å². The molecule has 2 aromatic carbocycles. The van der Waals surface area contributed by atoms with Gasteiger partial charge in [0.25, 0.3) is 0 Å². The number of ether oxygens (including phenoxy) is 1. The van der Waals surface area contributed by atoms with E-state index in [0.29, 0.717) is 36.5 Å². The van der Waals surface area contributed by atoms with Crippen LogP contribution in [0.3, 0.4) is 0 Å². The number of hydrogen-bond acceptors (Lipinski definition) is 3. The minimum absolute atomic E-state index is 0.0835. The van der Waals surface area contributed by atoms with E-state index < -0.39 is 0 Å². The molecule has 7 rings (SSSR count). The summed E-state index contributed by atoms with van der Waals surface area (Å²) in [5.74, 6) is 1.79. The predicted molar refractivity (Wildman–Crippen MR) is 142 cm³/mol. The molecule has 3 nitrogen and oxygen atoms in total. The normalized spacial score (nSPS) is 38.2. The highest BCUT2D eigenvalue weighted by Crippen LogP contribution is 2.71. The maximum Gasteiger partial charge on any atom is 0.0822 e. The van der Waals surface area contributed by atoms with Crippen LogP contribution < -0.4 is 11.1 Å². The van der Waals surface area contributed by atoms with Gasteiger partial charge in [-0.25, -0.2) is 0 Å². The molecule has 5 unspecified atom stereocenters. The summed E-state index contributed by atoms with van der Waals surface area (Å²) in [7, 11) is 0. The smallest absolute Gasteiger partial charge is 0.0822 e. The maximum absolute atomic E-state index is 6.73. The third-order valence-corrected chi connectivity index (χ3v) is 10.3. The minimum atomic E-state index is 0.0835. The van der Waals surface area contributed by atoms with Crippen LogP contribution in [0.25, 0.3) is 0 Å². The van der Waals surface area contributed by atoms with Gasteiger partial charge in [-0.1, -0.05) is 72.9 Å². The Hall–Kier alpha value is -1.75. The molecule has 0 heterocycles. The Kier molecular flexibility index (Phi) is 6.03. The molecule has 0 spiro atoms. The van der Waals surface area contributed by atoms with E-state index in [1.165, 1.54) is 62.5 Å². The summed E-state index contributed by atoms with van der Waals surface area (Å²) < 4.78 is 6.73. The lowest BCUT2D eigenvalue weighted by molar-refractivity contribution is -0.0380. The van der Waals surface area contributed by atoms with Crippen molar-refractivity contribution < 1.29 is 4.74 Å². The highest BCUT2D eigenvalue weighted by molar-refractivity contribution is 7.80. The first-order valence-corrected chi connectivity index (χ1v) is 13.7. The third kappa shape index (κ3) is 3.83. The second-order valence-electron chi connectivity index (χ2n) is 11.6. The quantitative estimate of drug-likeness (QED) is 0.501. The molecule has 5 fully saturated rings. The fourth-order valence-electron chi connectivity index (χ4n) is 8.20. The Balaban J connectivity index is 1.24. The summed E-state index contributed by atoms with van der Waals surface area (Å²) >= 11 is 6.29. The van der Waals surface area contributed by atoms with Gasteiger partial charge in [0.1, 0.15) is 0 Å². The molecule has 5 atom stereocenters. The summed E-state index contributed by atoms with van der Waals surface area (Å²) in [6, 6.07) is 22.4. The van der Waals surface area contributed by atoms with Gasteiger partial charge in [-0.2, -0.15) is 0 Å². The molecule has 5 saturated carbocycles. The SMILES string of the molecule is NCC1CCC(NC(=S)C23CC4CC(c5ccccc5)(CC2C4OCc2ccccc2)C3)CC1. The fourth-order valence-corrected chi connectivity index (χ4v) is 8.67. The molecule has 4 bridgehead atoms. The van der Waals surface area contributed by atoms with Crippen LogP contribution in [-0.2, 0) is 16.8 Å². The van der Waals surface area contributed by atoms with Crippen LogP contribution in [0.4, 0.5) is 0 Å². The number of rotatable bonds is 7. The van der Waals surface area contributed by atoms with Gasteiger partial charge < -0.3 is 15.8 Å². The standard InChI is InChI=1S/C30H38N2OS/c31-18-21-11-13-25(14-12-21)32-28(34)30-16-23-15-29(20-30,24-9-5-2-6-10-24)17-26(30)27(23)33-19-22-7-3-1-4-8-22/h1-10,21,23,25-27H,11-20,31H2,(H,32,34). The van der Waals surface area contributed by atoms with Crippen molar-refractivity contribution in [1.29, 1.82) is 0 Å². The molecule has 0 aromatic heterocycles. The van der Waals surface area contributed by atoms with E-state index in [-0.39, 0.29) is 10.8 Å². The molecular formula is C30H38N2OS. The van der Waals surface area contributed by atoms with E-state index in [1.807, 2.05) is 0 Å². The summed E-state index contributed by atoms with van der Waals surface area (Å²) in [6.45, 7) is 1.53. The molecule has 0 amide bonds. The van der Waals surface area contributed by atoms with Crippen LogP contribution in [0.5, 0.6) is 0 Å². The van der Waals surface area contributed by atoms with E-state index in [4.69, 9.17) is 22.7 Å². The van der Waals surface area contributed by atoms with Crippen LogP contribution in [0.2, 0.25) is 0 Å². The van der Waals surface area contributed by atoms with Crippen LogP contribution in [-0.4, -0.2) is 23.7 Å². The number of thiocarbonyl (C=S) groups is 1. The summed E-state index contributed by atoms with van der Waals surface area (Å²) in [5.41, 5.74) is 9.05. The second-order valence-corrected chi connectivity index (χ2v) is 12.1. The second kappa shape index (κ2) is 9.04. The molecule has 4 heteroatoms. The lowest BCUT2D eigenvalue weighted by atomic mass is 9.63. The number of hydrogen-bond donors (Lipinski definition) is 2. The highest BCUT2D eigenvalue weighted by Gasteiger charge is 2.70. The Morgan fingerprint density at radius 2 is 1.65 bits per heavy atom. The topological polar surface area (TPSA) is 47.3 Å². The fraction of sp³-hybridized carbons (Fsp3) is 0.567. The van der Waals surface area contributed by atoms with Gasteiger partial charge in [0, 0.05) is 11.5 Å². The first kappa shape index (κ1) is 22.7. The van der Waals surface area contributed by atoms with Gasteiger partial charge in [-0.05, 0) is 92.2 Å². The number of benzene rings is 2. The largest absolute Gasteiger partial charge is 0.376 e. The van der Waals surface area contributed by atoms with Crippen molar-refractivity contribution in [3.8, 4) is 0 Å². The lowest BCUT2D eigenvalue weighted by Gasteiger charge is -2.43. The molecule has 180 valence electrons. The van der Waals surface area contributed by atoms with Crippen molar-refractivity contribution in [3.63, 3.8) is 0 Å². The van der Waals surface area contributed by atoms with E-state index in [0.717, 1.165) is 11.5 Å². The van der Waals surface area contributed by atoms with Gasteiger partial charge in [-0.15, -0.1) is 0 Å². The van der Waals surface area contributed by atoms with Crippen molar-refractivity contribution >= 4 is 17.2 Å².